The second kappa shape index (κ2) is 7.95. The fourth-order valence-electron chi connectivity index (χ4n) is 1.74. The van der Waals surface area contributed by atoms with Crippen LogP contribution in [0.15, 0.2) is 29.7 Å². The summed E-state index contributed by atoms with van der Waals surface area (Å²) < 4.78 is 25.9. The molecule has 0 saturated heterocycles. The third-order valence-corrected chi connectivity index (χ3v) is 4.10. The summed E-state index contributed by atoms with van der Waals surface area (Å²) in [6, 6.07) is 7.48. The first-order valence-electron chi connectivity index (χ1n) is 6.90. The average molecular weight is 310 g/mol. The fraction of sp³-hybridized carbons (Fsp3) is 0.400. The Balaban J connectivity index is 2.61. The molecule has 0 saturated carbocycles. The third-order valence-electron chi connectivity index (χ3n) is 3.06. The molecule has 21 heavy (non-hydrogen) atoms. The number of amides is 1. The molecule has 0 aromatic heterocycles. The molecule has 1 aromatic rings. The molecule has 0 atom stereocenters. The lowest BCUT2D eigenvalue weighted by atomic mass is 10.2. The highest BCUT2D eigenvalue weighted by molar-refractivity contribution is 7.92. The Hall–Kier alpha value is -1.66. The lowest BCUT2D eigenvalue weighted by molar-refractivity contribution is -0.129. The van der Waals surface area contributed by atoms with Crippen molar-refractivity contribution in [3.8, 4) is 0 Å². The number of carbonyl (C=O) groups is 1. The van der Waals surface area contributed by atoms with Crippen LogP contribution < -0.4 is 4.72 Å². The van der Waals surface area contributed by atoms with Crippen molar-refractivity contribution in [2.75, 3.05) is 19.6 Å². The molecular formula is C15H22N2O3S. The van der Waals surface area contributed by atoms with E-state index >= 15 is 0 Å². The van der Waals surface area contributed by atoms with Crippen LogP contribution in [0, 0.1) is 6.92 Å². The van der Waals surface area contributed by atoms with Crippen molar-refractivity contribution in [1.82, 2.24) is 9.62 Å². The van der Waals surface area contributed by atoms with E-state index in [9.17, 15) is 13.2 Å². The van der Waals surface area contributed by atoms with Gasteiger partial charge in [0.05, 0.1) is 6.54 Å². The monoisotopic (exact) mass is 310 g/mol. The number of nitrogens with one attached hydrogen (secondary N) is 1. The summed E-state index contributed by atoms with van der Waals surface area (Å²) >= 11 is 0. The Labute approximate surface area is 126 Å². The first kappa shape index (κ1) is 17.4. The summed E-state index contributed by atoms with van der Waals surface area (Å²) in [4.78, 5) is 13.3. The summed E-state index contributed by atoms with van der Waals surface area (Å²) in [5.74, 6) is -0.229. The Bertz CT molecular complexity index is 588. The lowest BCUT2D eigenvalue weighted by Crippen LogP contribution is -2.39. The SMILES string of the molecule is CCN(CC)C(=O)CNS(=O)(=O)/C=C/c1ccc(C)cc1. The molecule has 1 N–H and O–H groups in total. The second-order valence-electron chi connectivity index (χ2n) is 4.65. The van der Waals surface area contributed by atoms with Crippen LogP contribution in [0.3, 0.4) is 0 Å². The first-order valence-corrected chi connectivity index (χ1v) is 8.44. The van der Waals surface area contributed by atoms with E-state index < -0.39 is 10.0 Å². The van der Waals surface area contributed by atoms with Gasteiger partial charge in [-0.2, -0.15) is 0 Å². The molecule has 0 spiro atoms. The Morgan fingerprint density at radius 1 is 1.19 bits per heavy atom. The van der Waals surface area contributed by atoms with Crippen LogP contribution in [-0.2, 0) is 14.8 Å². The van der Waals surface area contributed by atoms with Gasteiger partial charge in [0.2, 0.25) is 15.9 Å². The molecule has 0 fully saturated rings. The molecule has 5 nitrogen and oxygen atoms in total. The molecule has 1 amide bonds. The molecule has 1 aromatic carbocycles. The summed E-state index contributed by atoms with van der Waals surface area (Å²) in [6.45, 7) is 6.58. The number of sulfonamides is 1. The van der Waals surface area contributed by atoms with Crippen LogP contribution in [0.4, 0.5) is 0 Å². The van der Waals surface area contributed by atoms with E-state index in [0.29, 0.717) is 13.1 Å². The van der Waals surface area contributed by atoms with Gasteiger partial charge in [0, 0.05) is 18.5 Å². The number of benzene rings is 1. The quantitative estimate of drug-likeness (QED) is 0.834. The van der Waals surface area contributed by atoms with Gasteiger partial charge in [-0.05, 0) is 32.4 Å². The van der Waals surface area contributed by atoms with Crippen molar-refractivity contribution >= 4 is 22.0 Å². The number of hydrogen-bond donors (Lipinski definition) is 1. The van der Waals surface area contributed by atoms with Crippen molar-refractivity contribution in [3.63, 3.8) is 0 Å². The summed E-state index contributed by atoms with van der Waals surface area (Å²) in [5.41, 5.74) is 1.90. The maximum atomic E-state index is 11.8. The van der Waals surface area contributed by atoms with E-state index in [1.165, 1.54) is 6.08 Å². The van der Waals surface area contributed by atoms with Gasteiger partial charge in [-0.15, -0.1) is 0 Å². The van der Waals surface area contributed by atoms with Crippen LogP contribution in [0.2, 0.25) is 0 Å². The number of likely N-dealkylation sites (N-methyl/N-ethyl adjacent to an activating group) is 1. The predicted molar refractivity (Wildman–Crippen MR) is 85.1 cm³/mol. The van der Waals surface area contributed by atoms with Crippen molar-refractivity contribution < 1.29 is 13.2 Å². The maximum absolute atomic E-state index is 11.8. The van der Waals surface area contributed by atoms with E-state index in [-0.39, 0.29) is 12.5 Å². The molecule has 0 aliphatic heterocycles. The topological polar surface area (TPSA) is 66.5 Å². The first-order chi connectivity index (χ1) is 9.88. The fourth-order valence-corrected chi connectivity index (χ4v) is 2.50. The molecule has 0 unspecified atom stereocenters. The molecule has 0 bridgehead atoms. The van der Waals surface area contributed by atoms with Gasteiger partial charge in [0.25, 0.3) is 0 Å². The number of hydrogen-bond acceptors (Lipinski definition) is 3. The highest BCUT2D eigenvalue weighted by Gasteiger charge is 2.12. The summed E-state index contributed by atoms with van der Waals surface area (Å²) in [7, 11) is -3.61. The number of rotatable bonds is 7. The highest BCUT2D eigenvalue weighted by Crippen LogP contribution is 2.06. The average Bonchev–Trinajstić information content (AvgIpc) is 2.46. The van der Waals surface area contributed by atoms with Gasteiger partial charge >= 0.3 is 0 Å². The summed E-state index contributed by atoms with van der Waals surface area (Å²) in [6.07, 6.45) is 1.50. The molecule has 1 rings (SSSR count). The lowest BCUT2D eigenvalue weighted by Gasteiger charge is -2.18. The van der Waals surface area contributed by atoms with Gasteiger partial charge in [0.1, 0.15) is 0 Å². The minimum absolute atomic E-state index is 0.220. The van der Waals surface area contributed by atoms with Crippen molar-refractivity contribution in [2.45, 2.75) is 20.8 Å². The zero-order valence-electron chi connectivity index (χ0n) is 12.7. The van der Waals surface area contributed by atoms with Crippen LogP contribution in [-0.4, -0.2) is 38.9 Å². The van der Waals surface area contributed by atoms with Crippen molar-refractivity contribution in [3.05, 3.63) is 40.8 Å². The van der Waals surface area contributed by atoms with Gasteiger partial charge in [-0.3, -0.25) is 4.79 Å². The Morgan fingerprint density at radius 3 is 2.29 bits per heavy atom. The predicted octanol–water partition coefficient (Wildman–Crippen LogP) is 1.75. The normalized spacial score (nSPS) is 11.8. The van der Waals surface area contributed by atoms with Crippen LogP contribution >= 0.6 is 0 Å². The van der Waals surface area contributed by atoms with Crippen LogP contribution in [0.1, 0.15) is 25.0 Å². The van der Waals surface area contributed by atoms with E-state index in [4.69, 9.17) is 0 Å². The Morgan fingerprint density at radius 2 is 1.76 bits per heavy atom. The van der Waals surface area contributed by atoms with Gasteiger partial charge in [-0.25, -0.2) is 13.1 Å². The number of aryl methyl sites for hydroxylation is 1. The minimum atomic E-state index is -3.61. The Kier molecular flexibility index (Phi) is 6.58. The molecule has 116 valence electrons. The molecule has 0 aliphatic carbocycles. The minimum Gasteiger partial charge on any atom is -0.342 e. The van der Waals surface area contributed by atoms with Crippen molar-refractivity contribution in [1.29, 1.82) is 0 Å². The van der Waals surface area contributed by atoms with Gasteiger partial charge < -0.3 is 4.90 Å². The molecule has 0 heterocycles. The van der Waals surface area contributed by atoms with E-state index in [1.54, 1.807) is 4.90 Å². The maximum Gasteiger partial charge on any atom is 0.237 e. The highest BCUT2D eigenvalue weighted by atomic mass is 32.2. The largest absolute Gasteiger partial charge is 0.342 e. The standard InChI is InChI=1S/C15H22N2O3S/c1-4-17(5-2)15(18)12-16-21(19,20)11-10-14-8-6-13(3)7-9-14/h6-11,16H,4-5,12H2,1-3H3/b11-10+. The van der Waals surface area contributed by atoms with E-state index in [1.807, 2.05) is 45.0 Å². The van der Waals surface area contributed by atoms with Gasteiger partial charge in [-0.1, -0.05) is 29.8 Å². The van der Waals surface area contributed by atoms with Crippen molar-refractivity contribution in [2.24, 2.45) is 0 Å². The van der Waals surface area contributed by atoms with E-state index in [0.717, 1.165) is 16.5 Å². The van der Waals surface area contributed by atoms with Crippen LogP contribution in [0.5, 0.6) is 0 Å². The molecule has 6 heteroatoms. The summed E-state index contributed by atoms with van der Waals surface area (Å²) in [5, 5.41) is 1.08. The zero-order chi connectivity index (χ0) is 15.9. The molecular weight excluding hydrogens is 288 g/mol. The third kappa shape index (κ3) is 6.10. The zero-order valence-corrected chi connectivity index (χ0v) is 13.5. The van der Waals surface area contributed by atoms with Crippen LogP contribution in [0.25, 0.3) is 6.08 Å². The van der Waals surface area contributed by atoms with Gasteiger partial charge in [0.15, 0.2) is 0 Å². The molecule has 0 aliphatic rings. The molecule has 0 radical (unpaired) electrons. The second-order valence-corrected chi connectivity index (χ2v) is 6.30. The number of carbonyl (C=O) groups excluding carboxylic acids is 1. The number of nitrogens with zero attached hydrogens (tertiary/aromatic N) is 1. The van der Waals surface area contributed by atoms with E-state index in [2.05, 4.69) is 4.72 Å². The smallest absolute Gasteiger partial charge is 0.237 e.